The molecule has 0 spiro atoms. The van der Waals surface area contributed by atoms with Crippen molar-refractivity contribution >= 4 is 17.5 Å². The van der Waals surface area contributed by atoms with Crippen molar-refractivity contribution in [1.29, 1.82) is 0 Å². The summed E-state index contributed by atoms with van der Waals surface area (Å²) in [7, 11) is 0. The summed E-state index contributed by atoms with van der Waals surface area (Å²) in [5, 5.41) is 3.23. The normalized spacial score (nSPS) is 19.7. The van der Waals surface area contributed by atoms with Gasteiger partial charge in [-0.1, -0.05) is 0 Å². The van der Waals surface area contributed by atoms with Crippen LogP contribution in [0.5, 0.6) is 0 Å². The second kappa shape index (κ2) is 5.05. The van der Waals surface area contributed by atoms with Crippen molar-refractivity contribution in [3.05, 3.63) is 24.0 Å². The van der Waals surface area contributed by atoms with E-state index in [-0.39, 0.29) is 5.82 Å². The fourth-order valence-corrected chi connectivity index (χ4v) is 2.45. The molecule has 0 atom stereocenters. The van der Waals surface area contributed by atoms with Crippen LogP contribution >= 0.6 is 0 Å². The summed E-state index contributed by atoms with van der Waals surface area (Å²) in [6, 6.07) is 4.92. The number of ether oxygens (including phenoxy) is 1. The molecule has 6 heteroatoms. The molecule has 0 unspecified atom stereocenters. The van der Waals surface area contributed by atoms with Gasteiger partial charge in [0.15, 0.2) is 0 Å². The molecule has 1 aromatic rings. The third-order valence-electron chi connectivity index (χ3n) is 3.46. The van der Waals surface area contributed by atoms with Crippen molar-refractivity contribution in [2.75, 3.05) is 49.1 Å². The van der Waals surface area contributed by atoms with Gasteiger partial charge in [0.05, 0.1) is 17.9 Å². The summed E-state index contributed by atoms with van der Waals surface area (Å²) in [6.45, 7) is 4.15. The van der Waals surface area contributed by atoms with Gasteiger partial charge in [0.1, 0.15) is 12.4 Å². The predicted molar refractivity (Wildman–Crippen MR) is 70.2 cm³/mol. The molecular weight excluding hydrogens is 249 g/mol. The van der Waals surface area contributed by atoms with Crippen LogP contribution in [-0.2, 0) is 4.74 Å². The van der Waals surface area contributed by atoms with Crippen LogP contribution in [-0.4, -0.2) is 45.4 Å². The van der Waals surface area contributed by atoms with E-state index in [1.54, 1.807) is 12.1 Å². The van der Waals surface area contributed by atoms with E-state index in [1.807, 2.05) is 4.90 Å². The van der Waals surface area contributed by atoms with Gasteiger partial charge in [-0.25, -0.2) is 9.18 Å². The van der Waals surface area contributed by atoms with E-state index in [0.29, 0.717) is 24.5 Å². The summed E-state index contributed by atoms with van der Waals surface area (Å²) >= 11 is 0. The molecule has 0 bridgehead atoms. The Kier molecular flexibility index (Phi) is 3.25. The van der Waals surface area contributed by atoms with Crippen molar-refractivity contribution in [2.24, 2.45) is 0 Å². The Morgan fingerprint density at radius 2 is 2.00 bits per heavy atom. The van der Waals surface area contributed by atoms with E-state index in [4.69, 9.17) is 4.74 Å². The van der Waals surface area contributed by atoms with Crippen LogP contribution < -0.4 is 15.1 Å². The highest BCUT2D eigenvalue weighted by atomic mass is 19.1. The molecule has 2 aliphatic rings. The van der Waals surface area contributed by atoms with Gasteiger partial charge in [-0.05, 0) is 18.2 Å². The highest BCUT2D eigenvalue weighted by molar-refractivity contribution is 5.89. The Morgan fingerprint density at radius 1 is 1.21 bits per heavy atom. The molecule has 102 valence electrons. The Bertz CT molecular complexity index is 489. The summed E-state index contributed by atoms with van der Waals surface area (Å²) in [5.74, 6) is -0.292. The first-order valence-corrected chi connectivity index (χ1v) is 6.45. The number of hydrogen-bond donors (Lipinski definition) is 1. The summed E-state index contributed by atoms with van der Waals surface area (Å²) in [5.41, 5.74) is 1.15. The van der Waals surface area contributed by atoms with Crippen LogP contribution in [0.2, 0.25) is 0 Å². The molecule has 2 aliphatic heterocycles. The largest absolute Gasteiger partial charge is 0.447 e. The van der Waals surface area contributed by atoms with Crippen LogP contribution in [0.15, 0.2) is 18.2 Å². The van der Waals surface area contributed by atoms with Crippen molar-refractivity contribution in [1.82, 2.24) is 5.32 Å². The smallest absolute Gasteiger partial charge is 0.414 e. The van der Waals surface area contributed by atoms with Crippen LogP contribution in [0.1, 0.15) is 0 Å². The number of piperazine rings is 1. The number of rotatable bonds is 2. The zero-order valence-corrected chi connectivity index (χ0v) is 10.6. The van der Waals surface area contributed by atoms with Gasteiger partial charge in [0.25, 0.3) is 0 Å². The van der Waals surface area contributed by atoms with Gasteiger partial charge in [-0.3, -0.25) is 4.90 Å². The number of halogens is 1. The fraction of sp³-hybridized carbons (Fsp3) is 0.462. The van der Waals surface area contributed by atoms with E-state index in [1.165, 1.54) is 11.0 Å². The monoisotopic (exact) mass is 265 g/mol. The quantitative estimate of drug-likeness (QED) is 0.872. The first-order valence-electron chi connectivity index (χ1n) is 6.45. The maximum absolute atomic E-state index is 14.2. The van der Waals surface area contributed by atoms with E-state index in [2.05, 4.69) is 5.32 Å². The summed E-state index contributed by atoms with van der Waals surface area (Å²) in [4.78, 5) is 14.9. The molecule has 0 saturated carbocycles. The van der Waals surface area contributed by atoms with Gasteiger partial charge < -0.3 is 15.0 Å². The van der Waals surface area contributed by atoms with Crippen molar-refractivity contribution in [2.45, 2.75) is 0 Å². The second-order valence-corrected chi connectivity index (χ2v) is 4.64. The van der Waals surface area contributed by atoms with Gasteiger partial charge in [0.2, 0.25) is 0 Å². The van der Waals surface area contributed by atoms with Crippen molar-refractivity contribution < 1.29 is 13.9 Å². The number of carbonyl (C=O) groups excluding carboxylic acids is 1. The van der Waals surface area contributed by atoms with Gasteiger partial charge >= 0.3 is 6.09 Å². The number of benzene rings is 1. The molecule has 2 heterocycles. The van der Waals surface area contributed by atoms with Crippen molar-refractivity contribution in [3.63, 3.8) is 0 Å². The SMILES string of the molecule is O=C1OCCN1c1ccc(N2CCNCC2)c(F)c1. The molecule has 2 fully saturated rings. The first kappa shape index (κ1) is 12.2. The zero-order chi connectivity index (χ0) is 13.2. The van der Waals surface area contributed by atoms with E-state index in [9.17, 15) is 9.18 Å². The lowest BCUT2D eigenvalue weighted by molar-refractivity contribution is 0.181. The van der Waals surface area contributed by atoms with Gasteiger partial charge in [-0.2, -0.15) is 0 Å². The number of hydrogen-bond acceptors (Lipinski definition) is 4. The number of nitrogens with zero attached hydrogens (tertiary/aromatic N) is 2. The lowest BCUT2D eigenvalue weighted by atomic mass is 10.2. The Balaban J connectivity index is 1.82. The number of cyclic esters (lactones) is 1. The molecule has 0 aromatic heterocycles. The highest BCUT2D eigenvalue weighted by Gasteiger charge is 2.25. The fourth-order valence-electron chi connectivity index (χ4n) is 2.45. The lowest BCUT2D eigenvalue weighted by Gasteiger charge is -2.30. The van der Waals surface area contributed by atoms with Gasteiger partial charge in [-0.15, -0.1) is 0 Å². The highest BCUT2D eigenvalue weighted by Crippen LogP contribution is 2.26. The molecule has 1 aromatic carbocycles. The summed E-state index contributed by atoms with van der Waals surface area (Å²) in [6.07, 6.45) is -0.408. The van der Waals surface area contributed by atoms with Crippen LogP contribution in [0.25, 0.3) is 0 Å². The average Bonchev–Trinajstić information content (AvgIpc) is 2.86. The molecule has 0 radical (unpaired) electrons. The topological polar surface area (TPSA) is 44.8 Å². The maximum Gasteiger partial charge on any atom is 0.414 e. The number of amides is 1. The zero-order valence-electron chi connectivity index (χ0n) is 10.6. The molecule has 5 nitrogen and oxygen atoms in total. The standard InChI is InChI=1S/C13H16FN3O2/c14-11-9-10(17-7-8-19-13(17)18)1-2-12(11)16-5-3-15-4-6-16/h1-2,9,15H,3-8H2. The number of anilines is 2. The predicted octanol–water partition coefficient (Wildman–Crippen LogP) is 1.19. The molecular formula is C13H16FN3O2. The minimum absolute atomic E-state index is 0.292. The Hall–Kier alpha value is -1.82. The van der Waals surface area contributed by atoms with Crippen LogP contribution in [0.4, 0.5) is 20.6 Å². The van der Waals surface area contributed by atoms with E-state index in [0.717, 1.165) is 26.2 Å². The van der Waals surface area contributed by atoms with Crippen molar-refractivity contribution in [3.8, 4) is 0 Å². The minimum atomic E-state index is -0.408. The third-order valence-corrected chi connectivity index (χ3v) is 3.46. The third kappa shape index (κ3) is 2.35. The molecule has 0 aliphatic carbocycles. The number of carbonyl (C=O) groups is 1. The van der Waals surface area contributed by atoms with E-state index >= 15 is 0 Å². The van der Waals surface area contributed by atoms with E-state index < -0.39 is 6.09 Å². The van der Waals surface area contributed by atoms with Gasteiger partial charge in [0, 0.05) is 26.2 Å². The maximum atomic E-state index is 14.2. The molecule has 19 heavy (non-hydrogen) atoms. The minimum Gasteiger partial charge on any atom is -0.447 e. The second-order valence-electron chi connectivity index (χ2n) is 4.64. The molecule has 2 saturated heterocycles. The average molecular weight is 265 g/mol. The molecule has 3 rings (SSSR count). The van der Waals surface area contributed by atoms with Crippen LogP contribution in [0, 0.1) is 5.82 Å². The molecule has 1 amide bonds. The molecule has 1 N–H and O–H groups in total. The lowest BCUT2D eigenvalue weighted by Crippen LogP contribution is -2.43. The number of nitrogens with one attached hydrogen (secondary N) is 1. The summed E-state index contributed by atoms with van der Waals surface area (Å²) < 4.78 is 19.0. The Labute approximate surface area is 110 Å². The first-order chi connectivity index (χ1) is 9.25. The van der Waals surface area contributed by atoms with Crippen LogP contribution in [0.3, 0.4) is 0 Å². The Morgan fingerprint density at radius 3 is 2.63 bits per heavy atom.